The Balaban J connectivity index is 0.00000544. The number of aliphatic imine (C=N–C) groups is 1. The summed E-state index contributed by atoms with van der Waals surface area (Å²) in [5.74, 6) is 0.686. The molecular weight excluding hydrogens is 533 g/mol. The van der Waals surface area contributed by atoms with E-state index in [9.17, 15) is 9.59 Å². The molecule has 0 atom stereocenters. The first-order valence-corrected chi connectivity index (χ1v) is 11.3. The van der Waals surface area contributed by atoms with Crippen LogP contribution in [0.1, 0.15) is 19.3 Å². The van der Waals surface area contributed by atoms with Gasteiger partial charge in [0.25, 0.3) is 0 Å². The minimum absolute atomic E-state index is 0. The van der Waals surface area contributed by atoms with Gasteiger partial charge in [-0.05, 0) is 31.4 Å². The molecule has 1 aromatic carbocycles. The van der Waals surface area contributed by atoms with Crippen LogP contribution in [0.3, 0.4) is 0 Å². The van der Waals surface area contributed by atoms with Crippen molar-refractivity contribution < 1.29 is 9.59 Å². The van der Waals surface area contributed by atoms with Crippen molar-refractivity contribution in [1.82, 2.24) is 25.8 Å². The Morgan fingerprint density at radius 2 is 1.79 bits per heavy atom. The standard InChI is InChI=1S/C23H39N7O2.HI/c1-24-21(31)18-30-15-11-19(12-16-30)27-23(26-17-22(32)28(2)3)25-13-8-14-29(4)20-9-6-5-7-10-20;/h5-7,9-10,19H,8,11-18H2,1-4H3,(H,24,31)(H2,25,26,27);1H. The van der Waals surface area contributed by atoms with Gasteiger partial charge in [-0.1, -0.05) is 18.2 Å². The van der Waals surface area contributed by atoms with Crippen LogP contribution in [0.25, 0.3) is 0 Å². The molecule has 0 spiro atoms. The highest BCUT2D eigenvalue weighted by atomic mass is 127. The van der Waals surface area contributed by atoms with E-state index in [0.29, 0.717) is 12.5 Å². The molecule has 1 aliphatic heterocycles. The van der Waals surface area contributed by atoms with Gasteiger partial charge in [-0.15, -0.1) is 24.0 Å². The van der Waals surface area contributed by atoms with Crippen LogP contribution in [0.5, 0.6) is 0 Å². The van der Waals surface area contributed by atoms with Crippen molar-refractivity contribution in [2.24, 2.45) is 4.99 Å². The van der Waals surface area contributed by atoms with Crippen molar-refractivity contribution in [2.45, 2.75) is 25.3 Å². The first-order chi connectivity index (χ1) is 15.4. The van der Waals surface area contributed by atoms with Crippen LogP contribution in [-0.4, -0.2) is 101 Å². The van der Waals surface area contributed by atoms with Crippen molar-refractivity contribution in [3.05, 3.63) is 30.3 Å². The van der Waals surface area contributed by atoms with E-state index >= 15 is 0 Å². The molecule has 1 fully saturated rings. The quantitative estimate of drug-likeness (QED) is 0.167. The SMILES string of the molecule is CNC(=O)CN1CCC(NC(=NCC(=O)N(C)C)NCCCN(C)c2ccccc2)CC1.I. The lowest BCUT2D eigenvalue weighted by atomic mass is 10.1. The number of guanidine groups is 1. The molecule has 0 radical (unpaired) electrons. The fraction of sp³-hybridized carbons (Fsp3) is 0.609. The number of carbonyl (C=O) groups is 2. The van der Waals surface area contributed by atoms with Crippen molar-refractivity contribution in [3.8, 4) is 0 Å². The number of hydrogen-bond acceptors (Lipinski definition) is 5. The van der Waals surface area contributed by atoms with Gasteiger partial charge in [0.2, 0.25) is 11.8 Å². The Morgan fingerprint density at radius 3 is 2.39 bits per heavy atom. The summed E-state index contributed by atoms with van der Waals surface area (Å²) in [5, 5.41) is 9.54. The molecule has 0 aliphatic carbocycles. The van der Waals surface area contributed by atoms with Gasteiger partial charge in [-0.2, -0.15) is 0 Å². The molecule has 0 saturated carbocycles. The van der Waals surface area contributed by atoms with Crippen molar-refractivity contribution in [1.29, 1.82) is 0 Å². The third-order valence-corrected chi connectivity index (χ3v) is 5.61. The van der Waals surface area contributed by atoms with E-state index in [1.165, 1.54) is 5.69 Å². The van der Waals surface area contributed by atoms with E-state index in [-0.39, 0.29) is 48.4 Å². The second-order valence-electron chi connectivity index (χ2n) is 8.36. The van der Waals surface area contributed by atoms with Gasteiger partial charge in [-0.3, -0.25) is 14.5 Å². The van der Waals surface area contributed by atoms with E-state index < -0.39 is 0 Å². The molecule has 1 aliphatic rings. The van der Waals surface area contributed by atoms with Gasteiger partial charge >= 0.3 is 0 Å². The first-order valence-electron chi connectivity index (χ1n) is 11.3. The molecule has 1 aromatic rings. The monoisotopic (exact) mass is 573 g/mol. The largest absolute Gasteiger partial charge is 0.375 e. The summed E-state index contributed by atoms with van der Waals surface area (Å²) in [4.78, 5) is 34.0. The fourth-order valence-corrected chi connectivity index (χ4v) is 3.49. The molecule has 1 heterocycles. The Bertz CT molecular complexity index is 738. The van der Waals surface area contributed by atoms with Gasteiger partial charge in [0.05, 0.1) is 6.54 Å². The Morgan fingerprint density at radius 1 is 1.12 bits per heavy atom. The fourth-order valence-electron chi connectivity index (χ4n) is 3.49. The number of para-hydroxylation sites is 1. The van der Waals surface area contributed by atoms with Crippen LogP contribution < -0.4 is 20.9 Å². The maximum Gasteiger partial charge on any atom is 0.243 e. The van der Waals surface area contributed by atoms with Crippen LogP contribution in [0, 0.1) is 0 Å². The first kappa shape index (κ1) is 29.0. The van der Waals surface area contributed by atoms with E-state index in [1.54, 1.807) is 26.0 Å². The molecule has 1 saturated heterocycles. The van der Waals surface area contributed by atoms with Gasteiger partial charge in [0.15, 0.2) is 5.96 Å². The predicted octanol–water partition coefficient (Wildman–Crippen LogP) is 0.965. The number of anilines is 1. The zero-order valence-electron chi connectivity index (χ0n) is 20.3. The van der Waals surface area contributed by atoms with E-state index in [4.69, 9.17) is 0 Å². The summed E-state index contributed by atoms with van der Waals surface area (Å²) < 4.78 is 0. The van der Waals surface area contributed by atoms with Crippen molar-refractivity contribution in [2.75, 3.05) is 72.4 Å². The summed E-state index contributed by atoms with van der Waals surface area (Å²) >= 11 is 0. The lowest BCUT2D eigenvalue weighted by Gasteiger charge is -2.32. The van der Waals surface area contributed by atoms with Crippen LogP contribution in [0.2, 0.25) is 0 Å². The molecular formula is C23H40IN7O2. The molecule has 0 unspecified atom stereocenters. The Hall–Kier alpha value is -2.08. The molecule has 0 bridgehead atoms. The topological polar surface area (TPSA) is 92.3 Å². The van der Waals surface area contributed by atoms with Gasteiger partial charge in [0.1, 0.15) is 6.54 Å². The van der Waals surface area contributed by atoms with Crippen molar-refractivity contribution >= 4 is 47.4 Å². The number of benzene rings is 1. The minimum atomic E-state index is -0.0321. The molecule has 9 nitrogen and oxygen atoms in total. The molecule has 33 heavy (non-hydrogen) atoms. The number of piperidine rings is 1. The normalized spacial score (nSPS) is 14.7. The van der Waals surface area contributed by atoms with Crippen LogP contribution >= 0.6 is 24.0 Å². The number of amides is 2. The third-order valence-electron chi connectivity index (χ3n) is 5.61. The van der Waals surface area contributed by atoms with Crippen LogP contribution in [-0.2, 0) is 9.59 Å². The summed E-state index contributed by atoms with van der Waals surface area (Å²) in [6, 6.07) is 10.6. The van der Waals surface area contributed by atoms with Crippen LogP contribution in [0.15, 0.2) is 35.3 Å². The van der Waals surface area contributed by atoms with Gasteiger partial charge in [0, 0.05) is 66.1 Å². The molecule has 186 valence electrons. The number of nitrogens with one attached hydrogen (secondary N) is 3. The zero-order chi connectivity index (χ0) is 23.3. The Labute approximate surface area is 215 Å². The second-order valence-corrected chi connectivity index (χ2v) is 8.36. The highest BCUT2D eigenvalue weighted by molar-refractivity contribution is 14.0. The average Bonchev–Trinajstić information content (AvgIpc) is 2.81. The van der Waals surface area contributed by atoms with E-state index in [2.05, 4.69) is 49.9 Å². The molecule has 3 N–H and O–H groups in total. The Kier molecular flexibility index (Phi) is 13.8. The molecule has 0 aromatic heterocycles. The molecule has 2 amide bonds. The number of hydrogen-bond donors (Lipinski definition) is 3. The van der Waals surface area contributed by atoms with Gasteiger partial charge < -0.3 is 25.8 Å². The highest BCUT2D eigenvalue weighted by Crippen LogP contribution is 2.11. The summed E-state index contributed by atoms with van der Waals surface area (Å²) in [6.45, 7) is 3.94. The summed E-state index contributed by atoms with van der Waals surface area (Å²) in [7, 11) is 7.22. The number of halogens is 1. The lowest BCUT2D eigenvalue weighted by Crippen LogP contribution is -2.50. The highest BCUT2D eigenvalue weighted by Gasteiger charge is 2.21. The van der Waals surface area contributed by atoms with E-state index in [1.807, 2.05) is 18.2 Å². The second kappa shape index (κ2) is 15.7. The average molecular weight is 574 g/mol. The minimum Gasteiger partial charge on any atom is -0.375 e. The smallest absolute Gasteiger partial charge is 0.243 e. The number of likely N-dealkylation sites (tertiary alicyclic amines) is 1. The maximum atomic E-state index is 12.0. The lowest BCUT2D eigenvalue weighted by molar-refractivity contribution is -0.127. The van der Waals surface area contributed by atoms with Crippen LogP contribution in [0.4, 0.5) is 5.69 Å². The summed E-state index contributed by atoms with van der Waals surface area (Å²) in [6.07, 6.45) is 2.80. The number of likely N-dealkylation sites (N-methyl/N-ethyl adjacent to an activating group) is 2. The van der Waals surface area contributed by atoms with Gasteiger partial charge in [-0.25, -0.2) is 4.99 Å². The number of nitrogens with zero attached hydrogens (tertiary/aromatic N) is 4. The molecule has 2 rings (SSSR count). The zero-order valence-corrected chi connectivity index (χ0v) is 22.7. The molecule has 10 heteroatoms. The van der Waals surface area contributed by atoms with Crippen molar-refractivity contribution in [3.63, 3.8) is 0 Å². The number of rotatable bonds is 10. The summed E-state index contributed by atoms with van der Waals surface area (Å²) in [5.41, 5.74) is 1.19. The number of carbonyl (C=O) groups excluding carboxylic acids is 2. The third kappa shape index (κ3) is 11.1. The maximum absolute atomic E-state index is 12.0. The van der Waals surface area contributed by atoms with E-state index in [0.717, 1.165) is 45.4 Å². The predicted molar refractivity (Wildman–Crippen MR) is 145 cm³/mol.